The summed E-state index contributed by atoms with van der Waals surface area (Å²) >= 11 is 0. The Morgan fingerprint density at radius 2 is 1.87 bits per heavy atom. The predicted molar refractivity (Wildman–Crippen MR) is 63.4 cm³/mol. The molecule has 0 saturated heterocycles. The minimum Gasteiger partial charge on any atom is -0.488 e. The van der Waals surface area contributed by atoms with Crippen LogP contribution in [-0.4, -0.2) is 10.6 Å². The number of aromatic amines is 1. The molecule has 1 N–H and O–H groups in total. The Hall–Kier alpha value is -1.44. The van der Waals surface area contributed by atoms with Crippen molar-refractivity contribution in [2.75, 3.05) is 0 Å². The molecule has 0 radical (unpaired) electrons. The number of aryl methyl sites for hydroxylation is 1. The minimum atomic E-state index is -0.140. The van der Waals surface area contributed by atoms with Gasteiger partial charge in [-0.1, -0.05) is 0 Å². The van der Waals surface area contributed by atoms with E-state index in [9.17, 15) is 0 Å². The molecule has 0 spiro atoms. The third kappa shape index (κ3) is 2.32. The molecule has 2 rings (SSSR count). The van der Waals surface area contributed by atoms with Crippen LogP contribution >= 0.6 is 0 Å². The molecule has 15 heavy (non-hydrogen) atoms. The second-order valence-corrected chi connectivity index (χ2v) is 4.92. The largest absolute Gasteiger partial charge is 0.488 e. The van der Waals surface area contributed by atoms with E-state index in [1.807, 2.05) is 6.07 Å². The third-order valence-corrected chi connectivity index (χ3v) is 2.15. The van der Waals surface area contributed by atoms with Crippen molar-refractivity contribution in [2.24, 2.45) is 0 Å². The molecule has 0 atom stereocenters. The standard InChI is InChI=1S/C13H17NO/c1-9-7-10-8-11(15-13(2,3)4)5-6-12(10)14-9/h5-8,14H,1-4H3. The zero-order valence-corrected chi connectivity index (χ0v) is 9.72. The lowest BCUT2D eigenvalue weighted by Crippen LogP contribution is -2.22. The zero-order valence-electron chi connectivity index (χ0n) is 9.72. The van der Waals surface area contributed by atoms with Crippen LogP contribution in [-0.2, 0) is 0 Å². The van der Waals surface area contributed by atoms with E-state index in [0.717, 1.165) is 11.3 Å². The summed E-state index contributed by atoms with van der Waals surface area (Å²) in [5.41, 5.74) is 2.20. The summed E-state index contributed by atoms with van der Waals surface area (Å²) in [6.07, 6.45) is 0. The predicted octanol–water partition coefficient (Wildman–Crippen LogP) is 3.65. The molecule has 2 nitrogen and oxygen atoms in total. The van der Waals surface area contributed by atoms with Gasteiger partial charge in [0.1, 0.15) is 11.4 Å². The van der Waals surface area contributed by atoms with Crippen molar-refractivity contribution in [3.8, 4) is 5.75 Å². The Morgan fingerprint density at radius 3 is 2.53 bits per heavy atom. The van der Waals surface area contributed by atoms with E-state index in [1.165, 1.54) is 11.1 Å². The minimum absolute atomic E-state index is 0.140. The fourth-order valence-electron chi connectivity index (χ4n) is 1.67. The molecule has 0 amide bonds. The highest BCUT2D eigenvalue weighted by molar-refractivity contribution is 5.81. The molecule has 1 aromatic heterocycles. The van der Waals surface area contributed by atoms with Gasteiger partial charge in [-0.25, -0.2) is 0 Å². The molecule has 0 aliphatic heterocycles. The Labute approximate surface area is 90.3 Å². The second kappa shape index (κ2) is 3.30. The van der Waals surface area contributed by atoms with Crippen molar-refractivity contribution in [3.63, 3.8) is 0 Å². The maximum atomic E-state index is 5.81. The summed E-state index contributed by atoms with van der Waals surface area (Å²) in [4.78, 5) is 3.29. The number of hydrogen-bond acceptors (Lipinski definition) is 1. The molecule has 80 valence electrons. The third-order valence-electron chi connectivity index (χ3n) is 2.15. The molecule has 0 bridgehead atoms. The number of hydrogen-bond donors (Lipinski definition) is 1. The molecule has 2 heteroatoms. The topological polar surface area (TPSA) is 25.0 Å². The first-order chi connectivity index (χ1) is 6.94. The average molecular weight is 203 g/mol. The van der Waals surface area contributed by atoms with Crippen LogP contribution in [0.3, 0.4) is 0 Å². The van der Waals surface area contributed by atoms with Gasteiger partial charge in [0.05, 0.1) is 0 Å². The van der Waals surface area contributed by atoms with Crippen molar-refractivity contribution in [1.82, 2.24) is 4.98 Å². The number of fused-ring (bicyclic) bond motifs is 1. The highest BCUT2D eigenvalue weighted by Crippen LogP contribution is 2.24. The maximum Gasteiger partial charge on any atom is 0.120 e. The first kappa shape index (κ1) is 10.1. The van der Waals surface area contributed by atoms with Crippen LogP contribution in [0.1, 0.15) is 26.5 Å². The Bertz CT molecular complexity index is 477. The maximum absolute atomic E-state index is 5.81. The number of ether oxygens (including phenoxy) is 1. The van der Waals surface area contributed by atoms with Crippen molar-refractivity contribution in [1.29, 1.82) is 0 Å². The van der Waals surface area contributed by atoms with Gasteiger partial charge in [0.2, 0.25) is 0 Å². The van der Waals surface area contributed by atoms with Gasteiger partial charge in [-0.15, -0.1) is 0 Å². The molecule has 0 saturated carbocycles. The second-order valence-electron chi connectivity index (χ2n) is 4.92. The molecule has 0 unspecified atom stereocenters. The van der Waals surface area contributed by atoms with Crippen LogP contribution in [0.2, 0.25) is 0 Å². The van der Waals surface area contributed by atoms with Crippen molar-refractivity contribution in [2.45, 2.75) is 33.3 Å². The SMILES string of the molecule is Cc1cc2cc(OC(C)(C)C)ccc2[nH]1. The molecule has 0 aliphatic carbocycles. The number of aromatic nitrogens is 1. The molecule has 0 fully saturated rings. The smallest absolute Gasteiger partial charge is 0.120 e. The first-order valence-corrected chi connectivity index (χ1v) is 5.22. The Kier molecular flexibility index (Phi) is 2.22. The summed E-state index contributed by atoms with van der Waals surface area (Å²) in [5.74, 6) is 0.925. The highest BCUT2D eigenvalue weighted by atomic mass is 16.5. The first-order valence-electron chi connectivity index (χ1n) is 5.22. The zero-order chi connectivity index (χ0) is 11.1. The van der Waals surface area contributed by atoms with Crippen LogP contribution in [0.4, 0.5) is 0 Å². The van der Waals surface area contributed by atoms with Crippen molar-refractivity contribution in [3.05, 3.63) is 30.0 Å². The average Bonchev–Trinajstić information content (AvgIpc) is 2.40. The fourth-order valence-corrected chi connectivity index (χ4v) is 1.67. The summed E-state index contributed by atoms with van der Waals surface area (Å²) in [6, 6.07) is 8.27. The number of nitrogens with one attached hydrogen (secondary N) is 1. The molecular weight excluding hydrogens is 186 g/mol. The van der Waals surface area contributed by atoms with Crippen LogP contribution in [0.15, 0.2) is 24.3 Å². The van der Waals surface area contributed by atoms with E-state index in [1.54, 1.807) is 0 Å². The van der Waals surface area contributed by atoms with Crippen LogP contribution in [0, 0.1) is 6.92 Å². The normalized spacial score (nSPS) is 12.0. The van der Waals surface area contributed by atoms with E-state index < -0.39 is 0 Å². The van der Waals surface area contributed by atoms with Crippen LogP contribution < -0.4 is 4.74 Å². The van der Waals surface area contributed by atoms with E-state index in [-0.39, 0.29) is 5.60 Å². The van der Waals surface area contributed by atoms with Crippen molar-refractivity contribution < 1.29 is 4.74 Å². The van der Waals surface area contributed by atoms with Crippen LogP contribution in [0.5, 0.6) is 5.75 Å². The van der Waals surface area contributed by atoms with Gasteiger partial charge >= 0.3 is 0 Å². The van der Waals surface area contributed by atoms with Gasteiger partial charge in [0, 0.05) is 16.6 Å². The lowest BCUT2D eigenvalue weighted by molar-refractivity contribution is 0.131. The number of H-pyrrole nitrogens is 1. The van der Waals surface area contributed by atoms with Gasteiger partial charge in [-0.3, -0.25) is 0 Å². The van der Waals surface area contributed by atoms with Crippen molar-refractivity contribution >= 4 is 10.9 Å². The quantitative estimate of drug-likeness (QED) is 0.751. The van der Waals surface area contributed by atoms with Crippen LogP contribution in [0.25, 0.3) is 10.9 Å². The van der Waals surface area contributed by atoms with E-state index >= 15 is 0 Å². The highest BCUT2D eigenvalue weighted by Gasteiger charge is 2.11. The van der Waals surface area contributed by atoms with Gasteiger partial charge in [0.25, 0.3) is 0 Å². The molecule has 0 aliphatic rings. The summed E-state index contributed by atoms with van der Waals surface area (Å²) < 4.78 is 5.81. The Balaban J connectivity index is 2.38. The summed E-state index contributed by atoms with van der Waals surface area (Å²) in [7, 11) is 0. The lowest BCUT2D eigenvalue weighted by Gasteiger charge is -2.21. The molecule has 1 aromatic carbocycles. The molecule has 2 aromatic rings. The fraction of sp³-hybridized carbons (Fsp3) is 0.385. The van der Waals surface area contributed by atoms with Gasteiger partial charge in [0.15, 0.2) is 0 Å². The van der Waals surface area contributed by atoms with Gasteiger partial charge < -0.3 is 9.72 Å². The monoisotopic (exact) mass is 203 g/mol. The molecule has 1 heterocycles. The van der Waals surface area contributed by atoms with E-state index in [4.69, 9.17) is 4.74 Å². The van der Waals surface area contributed by atoms with Gasteiger partial charge in [-0.05, 0) is 52.0 Å². The van der Waals surface area contributed by atoms with E-state index in [0.29, 0.717) is 0 Å². The number of rotatable bonds is 1. The summed E-state index contributed by atoms with van der Waals surface area (Å²) in [5, 5.41) is 1.20. The van der Waals surface area contributed by atoms with Gasteiger partial charge in [-0.2, -0.15) is 0 Å². The molecular formula is C13H17NO. The Morgan fingerprint density at radius 1 is 1.13 bits per heavy atom. The lowest BCUT2D eigenvalue weighted by atomic mass is 10.2. The number of benzene rings is 1. The summed E-state index contributed by atoms with van der Waals surface area (Å²) in [6.45, 7) is 8.23. The van der Waals surface area contributed by atoms with E-state index in [2.05, 4.69) is 50.9 Å².